The van der Waals surface area contributed by atoms with Crippen molar-refractivity contribution in [1.29, 1.82) is 0 Å². The van der Waals surface area contributed by atoms with Gasteiger partial charge in [0.1, 0.15) is 0 Å². The van der Waals surface area contributed by atoms with Gasteiger partial charge in [0.2, 0.25) is 11.8 Å². The summed E-state index contributed by atoms with van der Waals surface area (Å²) in [6, 6.07) is 20.9. The monoisotopic (exact) mass is 422 g/mol. The van der Waals surface area contributed by atoms with Gasteiger partial charge in [0.05, 0.1) is 12.2 Å². The fourth-order valence-electron chi connectivity index (χ4n) is 3.65. The van der Waals surface area contributed by atoms with Gasteiger partial charge in [0.15, 0.2) is 0 Å². The number of carbonyl (C=O) groups is 1. The lowest BCUT2D eigenvalue weighted by atomic mass is 10.1. The quantitative estimate of drug-likeness (QED) is 0.542. The minimum absolute atomic E-state index is 0.120. The second-order valence-corrected chi connectivity index (χ2v) is 8.34. The Morgan fingerprint density at radius 3 is 2.37 bits per heavy atom. The summed E-state index contributed by atoms with van der Waals surface area (Å²) < 4.78 is 5.68. The zero-order valence-electron chi connectivity index (χ0n) is 17.1. The van der Waals surface area contributed by atoms with Crippen LogP contribution in [0.1, 0.15) is 30.0 Å². The predicted molar refractivity (Wildman–Crippen MR) is 117 cm³/mol. The van der Waals surface area contributed by atoms with Crippen LogP contribution in [0.2, 0.25) is 0 Å². The van der Waals surface area contributed by atoms with Crippen molar-refractivity contribution in [1.82, 2.24) is 20.0 Å². The van der Waals surface area contributed by atoms with E-state index in [0.29, 0.717) is 29.3 Å². The van der Waals surface area contributed by atoms with Crippen molar-refractivity contribution >= 4 is 17.7 Å². The zero-order chi connectivity index (χ0) is 20.8. The average molecular weight is 423 g/mol. The summed E-state index contributed by atoms with van der Waals surface area (Å²) in [4.78, 5) is 17.0. The van der Waals surface area contributed by atoms with Gasteiger partial charge in [-0.05, 0) is 18.1 Å². The molecular weight excluding hydrogens is 396 g/mol. The van der Waals surface area contributed by atoms with Crippen molar-refractivity contribution in [2.24, 2.45) is 0 Å². The van der Waals surface area contributed by atoms with Gasteiger partial charge in [-0.3, -0.25) is 9.69 Å². The normalized spacial score (nSPS) is 15.8. The van der Waals surface area contributed by atoms with Crippen molar-refractivity contribution in [3.8, 4) is 0 Å². The molecule has 0 unspecified atom stereocenters. The molecule has 1 amide bonds. The fourth-order valence-corrected chi connectivity index (χ4v) is 4.34. The fraction of sp³-hybridized carbons (Fsp3) is 0.348. The van der Waals surface area contributed by atoms with Crippen LogP contribution in [0.4, 0.5) is 0 Å². The number of carbonyl (C=O) groups excluding carboxylic acids is 1. The molecular formula is C23H26N4O2S. The van der Waals surface area contributed by atoms with Crippen molar-refractivity contribution < 1.29 is 9.21 Å². The SMILES string of the molecule is C[C@H](c1ccccc1)N1CCN(C(=O)CSc2nnc(Cc3ccccc3)o2)CC1. The number of rotatable bonds is 7. The third-order valence-electron chi connectivity index (χ3n) is 5.46. The molecule has 156 valence electrons. The maximum absolute atomic E-state index is 12.6. The molecule has 1 fully saturated rings. The van der Waals surface area contributed by atoms with E-state index in [1.54, 1.807) is 0 Å². The second kappa shape index (κ2) is 9.91. The first kappa shape index (κ1) is 20.6. The Balaban J connectivity index is 1.23. The highest BCUT2D eigenvalue weighted by Crippen LogP contribution is 2.22. The van der Waals surface area contributed by atoms with E-state index in [-0.39, 0.29) is 5.91 Å². The molecule has 0 N–H and O–H groups in total. The molecule has 0 saturated carbocycles. The first-order chi connectivity index (χ1) is 14.7. The lowest BCUT2D eigenvalue weighted by molar-refractivity contribution is -0.130. The summed E-state index contributed by atoms with van der Waals surface area (Å²) in [5.74, 6) is 1.01. The smallest absolute Gasteiger partial charge is 0.277 e. The van der Waals surface area contributed by atoms with Crippen molar-refractivity contribution in [3.63, 3.8) is 0 Å². The highest BCUT2D eigenvalue weighted by atomic mass is 32.2. The first-order valence-electron chi connectivity index (χ1n) is 10.2. The Morgan fingerprint density at radius 1 is 1.00 bits per heavy atom. The molecule has 30 heavy (non-hydrogen) atoms. The molecule has 2 aromatic carbocycles. The van der Waals surface area contributed by atoms with Gasteiger partial charge in [0, 0.05) is 32.2 Å². The number of thioether (sulfide) groups is 1. The molecule has 1 aliphatic heterocycles. The Kier molecular flexibility index (Phi) is 6.81. The molecule has 0 bridgehead atoms. The molecule has 1 aromatic heterocycles. The van der Waals surface area contributed by atoms with Gasteiger partial charge in [-0.15, -0.1) is 10.2 Å². The summed E-state index contributed by atoms with van der Waals surface area (Å²) >= 11 is 1.31. The molecule has 7 heteroatoms. The number of piperazine rings is 1. The van der Waals surface area contributed by atoms with Gasteiger partial charge in [-0.25, -0.2) is 0 Å². The van der Waals surface area contributed by atoms with Crippen LogP contribution >= 0.6 is 11.8 Å². The minimum Gasteiger partial charge on any atom is -0.416 e. The summed E-state index contributed by atoms with van der Waals surface area (Å²) in [5.41, 5.74) is 2.44. The van der Waals surface area contributed by atoms with E-state index in [1.807, 2.05) is 41.3 Å². The summed E-state index contributed by atoms with van der Waals surface area (Å²) in [6.45, 7) is 5.49. The van der Waals surface area contributed by atoms with E-state index >= 15 is 0 Å². The van der Waals surface area contributed by atoms with E-state index in [9.17, 15) is 4.79 Å². The van der Waals surface area contributed by atoms with Gasteiger partial charge in [-0.2, -0.15) is 0 Å². The molecule has 4 rings (SSSR count). The summed E-state index contributed by atoms with van der Waals surface area (Å²) in [5, 5.41) is 8.61. The first-order valence-corrected chi connectivity index (χ1v) is 11.2. The average Bonchev–Trinajstić information content (AvgIpc) is 3.25. The van der Waals surface area contributed by atoms with E-state index < -0.39 is 0 Å². The maximum atomic E-state index is 12.6. The molecule has 0 radical (unpaired) electrons. The molecule has 6 nitrogen and oxygen atoms in total. The zero-order valence-corrected chi connectivity index (χ0v) is 17.9. The third kappa shape index (κ3) is 5.29. The molecule has 1 aliphatic rings. The predicted octanol–water partition coefficient (Wildman–Crippen LogP) is 3.66. The van der Waals surface area contributed by atoms with Crippen LogP contribution in [0.5, 0.6) is 0 Å². The molecule has 1 saturated heterocycles. The molecule has 0 spiro atoms. The number of nitrogens with zero attached hydrogens (tertiary/aromatic N) is 4. The molecule has 1 atom stereocenters. The van der Waals surface area contributed by atoms with Crippen molar-refractivity contribution in [2.45, 2.75) is 24.6 Å². The largest absolute Gasteiger partial charge is 0.416 e. The molecule has 0 aliphatic carbocycles. The summed E-state index contributed by atoms with van der Waals surface area (Å²) in [6.07, 6.45) is 0.601. The number of benzene rings is 2. The highest BCUT2D eigenvalue weighted by Gasteiger charge is 2.25. The van der Waals surface area contributed by atoms with Gasteiger partial charge in [-0.1, -0.05) is 72.4 Å². The van der Waals surface area contributed by atoms with Crippen molar-refractivity contribution in [2.75, 3.05) is 31.9 Å². The second-order valence-electron chi connectivity index (χ2n) is 7.42. The van der Waals surface area contributed by atoms with E-state index in [0.717, 1.165) is 31.7 Å². The third-order valence-corrected chi connectivity index (χ3v) is 6.27. The van der Waals surface area contributed by atoms with Crippen LogP contribution in [0.25, 0.3) is 0 Å². The number of hydrogen-bond donors (Lipinski definition) is 0. The van der Waals surface area contributed by atoms with Crippen LogP contribution in [-0.4, -0.2) is 57.8 Å². The number of hydrogen-bond acceptors (Lipinski definition) is 6. The van der Waals surface area contributed by atoms with E-state index in [2.05, 4.69) is 46.3 Å². The minimum atomic E-state index is 0.120. The Morgan fingerprint density at radius 2 is 1.67 bits per heavy atom. The Labute approximate surface area is 181 Å². The maximum Gasteiger partial charge on any atom is 0.277 e. The van der Waals surface area contributed by atoms with Crippen LogP contribution in [0, 0.1) is 0 Å². The van der Waals surface area contributed by atoms with Crippen molar-refractivity contribution in [3.05, 3.63) is 77.7 Å². The van der Waals surface area contributed by atoms with Crippen LogP contribution in [0.15, 0.2) is 70.3 Å². The standard InChI is InChI=1S/C23H26N4O2S/c1-18(20-10-6-3-7-11-20)26-12-14-27(15-13-26)22(28)17-30-23-25-24-21(29-23)16-19-8-4-2-5-9-19/h2-11,18H,12-17H2,1H3/t18-/m1/s1. The lowest BCUT2D eigenvalue weighted by Crippen LogP contribution is -2.49. The van der Waals surface area contributed by atoms with Crippen LogP contribution in [0.3, 0.4) is 0 Å². The van der Waals surface area contributed by atoms with E-state index in [1.165, 1.54) is 17.3 Å². The van der Waals surface area contributed by atoms with Gasteiger partial charge in [0.25, 0.3) is 5.22 Å². The number of amides is 1. The topological polar surface area (TPSA) is 62.5 Å². The Bertz CT molecular complexity index is 940. The van der Waals surface area contributed by atoms with Crippen LogP contribution < -0.4 is 0 Å². The lowest BCUT2D eigenvalue weighted by Gasteiger charge is -2.38. The van der Waals surface area contributed by atoms with E-state index in [4.69, 9.17) is 4.42 Å². The number of aromatic nitrogens is 2. The molecule has 3 aromatic rings. The Hall–Kier alpha value is -2.64. The highest BCUT2D eigenvalue weighted by molar-refractivity contribution is 7.99. The summed E-state index contributed by atoms with van der Waals surface area (Å²) in [7, 11) is 0. The van der Waals surface area contributed by atoms with Crippen LogP contribution in [-0.2, 0) is 11.2 Å². The van der Waals surface area contributed by atoms with Gasteiger partial charge < -0.3 is 9.32 Å². The van der Waals surface area contributed by atoms with Gasteiger partial charge >= 0.3 is 0 Å². The molecule has 2 heterocycles.